The maximum atomic E-state index is 15.5. The number of halogens is 1. The van der Waals surface area contributed by atoms with Crippen LogP contribution >= 0.6 is 0 Å². The number of amides is 2. The van der Waals surface area contributed by atoms with Crippen LogP contribution in [0.2, 0.25) is 0 Å². The average molecular weight is 617 g/mol. The number of benzene rings is 2. The summed E-state index contributed by atoms with van der Waals surface area (Å²) < 4.78 is 42.9. The van der Waals surface area contributed by atoms with Crippen LogP contribution in [-0.4, -0.2) is 72.7 Å². The van der Waals surface area contributed by atoms with Gasteiger partial charge in [0.25, 0.3) is 0 Å². The first-order valence-electron chi connectivity index (χ1n) is 14.4. The number of hydrogen-bond donors (Lipinski definition) is 1. The summed E-state index contributed by atoms with van der Waals surface area (Å²) in [6.07, 6.45) is 0.0629. The molecule has 238 valence electrons. The van der Waals surface area contributed by atoms with Crippen molar-refractivity contribution in [2.45, 2.75) is 65.2 Å². The summed E-state index contributed by atoms with van der Waals surface area (Å²) in [5, 5.41) is 8.85. The lowest BCUT2D eigenvalue weighted by molar-refractivity contribution is -0.145. The van der Waals surface area contributed by atoms with Crippen molar-refractivity contribution in [1.29, 1.82) is 0 Å². The molecule has 0 spiro atoms. The standard InChI is InChI=1S/C31H37FN2O10/c1-4-42-29(39)9-7-27(36)34-17-21-14-25(41-3)31(30(32)22(21)18-34)44-11-5-10-43-24-13-20-16-33(26(35)6-8-28(37)38)15-19(20)12-23(24)40-2/h12-14H,4-11,15-18H2,1-3H3,(H,37,38). The number of rotatable bonds is 15. The number of aliphatic carboxylic acids is 1. The number of carboxylic acid groups (broad SMARTS) is 1. The van der Waals surface area contributed by atoms with E-state index in [1.165, 1.54) is 19.1 Å². The summed E-state index contributed by atoms with van der Waals surface area (Å²) in [5.41, 5.74) is 2.75. The van der Waals surface area contributed by atoms with Crippen LogP contribution in [0.5, 0.6) is 23.0 Å². The minimum atomic E-state index is -1.02. The van der Waals surface area contributed by atoms with Gasteiger partial charge in [-0.05, 0) is 41.8 Å². The van der Waals surface area contributed by atoms with Crippen LogP contribution in [0.25, 0.3) is 0 Å². The van der Waals surface area contributed by atoms with Gasteiger partial charge in [0.2, 0.25) is 11.8 Å². The van der Waals surface area contributed by atoms with Crippen LogP contribution in [0, 0.1) is 5.82 Å². The smallest absolute Gasteiger partial charge is 0.306 e. The van der Waals surface area contributed by atoms with E-state index < -0.39 is 17.8 Å². The van der Waals surface area contributed by atoms with Gasteiger partial charge in [-0.3, -0.25) is 19.2 Å². The lowest BCUT2D eigenvalue weighted by atomic mass is 10.1. The molecule has 2 heterocycles. The summed E-state index contributed by atoms with van der Waals surface area (Å²) in [6.45, 7) is 3.27. The van der Waals surface area contributed by atoms with E-state index in [4.69, 9.17) is 28.8 Å². The van der Waals surface area contributed by atoms with Gasteiger partial charge in [0.1, 0.15) is 0 Å². The largest absolute Gasteiger partial charge is 0.493 e. The van der Waals surface area contributed by atoms with Gasteiger partial charge in [-0.15, -0.1) is 0 Å². The first-order valence-corrected chi connectivity index (χ1v) is 14.4. The SMILES string of the molecule is CCOC(=O)CCC(=O)N1Cc2cc(OC)c(OCCCOc3cc4c(cc3OC)CN(C(=O)CCC(=O)O)C4)c(F)c2C1. The van der Waals surface area contributed by atoms with E-state index in [-0.39, 0.29) is 81.9 Å². The Hall–Kier alpha value is -4.55. The van der Waals surface area contributed by atoms with E-state index in [1.54, 1.807) is 24.0 Å². The molecule has 2 amide bonds. The third-order valence-electron chi connectivity index (χ3n) is 7.42. The second-order valence-corrected chi connectivity index (χ2v) is 10.4. The van der Waals surface area contributed by atoms with Crippen LogP contribution in [0.3, 0.4) is 0 Å². The number of carbonyl (C=O) groups excluding carboxylic acids is 3. The van der Waals surface area contributed by atoms with Gasteiger partial charge >= 0.3 is 11.9 Å². The molecule has 4 rings (SSSR count). The Morgan fingerprint density at radius 1 is 0.773 bits per heavy atom. The summed E-state index contributed by atoms with van der Waals surface area (Å²) >= 11 is 0. The molecule has 0 atom stereocenters. The zero-order valence-electron chi connectivity index (χ0n) is 25.1. The van der Waals surface area contributed by atoms with Gasteiger partial charge in [0.15, 0.2) is 28.8 Å². The lowest BCUT2D eigenvalue weighted by Crippen LogP contribution is -2.26. The molecule has 2 aromatic carbocycles. The maximum Gasteiger partial charge on any atom is 0.306 e. The van der Waals surface area contributed by atoms with Crippen LogP contribution in [-0.2, 0) is 50.1 Å². The first kappa shape index (κ1) is 32.4. The predicted molar refractivity (Wildman–Crippen MR) is 153 cm³/mol. The predicted octanol–water partition coefficient (Wildman–Crippen LogP) is 3.58. The number of carboxylic acids is 1. The van der Waals surface area contributed by atoms with Crippen LogP contribution in [0.4, 0.5) is 4.39 Å². The number of hydrogen-bond acceptors (Lipinski definition) is 9. The fourth-order valence-corrected chi connectivity index (χ4v) is 5.17. The van der Waals surface area contributed by atoms with Crippen molar-refractivity contribution in [2.24, 2.45) is 0 Å². The van der Waals surface area contributed by atoms with Crippen molar-refractivity contribution >= 4 is 23.8 Å². The second-order valence-electron chi connectivity index (χ2n) is 10.4. The average Bonchev–Trinajstić information content (AvgIpc) is 3.63. The van der Waals surface area contributed by atoms with E-state index in [0.29, 0.717) is 42.1 Å². The molecule has 0 radical (unpaired) electrons. The van der Waals surface area contributed by atoms with E-state index in [1.807, 2.05) is 6.07 Å². The van der Waals surface area contributed by atoms with Gasteiger partial charge in [0, 0.05) is 51.0 Å². The highest BCUT2D eigenvalue weighted by Crippen LogP contribution is 2.39. The highest BCUT2D eigenvalue weighted by atomic mass is 19.1. The molecule has 2 aromatic rings. The Kier molecular flexibility index (Phi) is 10.9. The quantitative estimate of drug-likeness (QED) is 0.233. The number of ether oxygens (including phenoxy) is 5. The van der Waals surface area contributed by atoms with Crippen molar-refractivity contribution in [1.82, 2.24) is 9.80 Å². The lowest BCUT2D eigenvalue weighted by Gasteiger charge is -2.15. The number of esters is 1. The molecule has 0 bridgehead atoms. The Labute approximate surface area is 254 Å². The Morgan fingerprint density at radius 2 is 1.34 bits per heavy atom. The van der Waals surface area contributed by atoms with Crippen LogP contribution in [0.15, 0.2) is 18.2 Å². The van der Waals surface area contributed by atoms with E-state index in [2.05, 4.69) is 0 Å². The monoisotopic (exact) mass is 616 g/mol. The van der Waals surface area contributed by atoms with Crippen molar-refractivity contribution in [3.63, 3.8) is 0 Å². The normalized spacial score (nSPS) is 13.3. The highest BCUT2D eigenvalue weighted by molar-refractivity contribution is 5.82. The Morgan fingerprint density at radius 3 is 1.98 bits per heavy atom. The Bertz CT molecular complexity index is 1410. The number of carbonyl (C=O) groups is 4. The van der Waals surface area contributed by atoms with Gasteiger partial charge in [-0.2, -0.15) is 0 Å². The number of nitrogens with zero attached hydrogens (tertiary/aromatic N) is 2. The van der Waals surface area contributed by atoms with Crippen LogP contribution < -0.4 is 18.9 Å². The van der Waals surface area contributed by atoms with Gasteiger partial charge in [-0.25, -0.2) is 4.39 Å². The maximum absolute atomic E-state index is 15.5. The van der Waals surface area contributed by atoms with Gasteiger partial charge in [-0.1, -0.05) is 0 Å². The zero-order valence-corrected chi connectivity index (χ0v) is 25.1. The minimum absolute atomic E-state index is 0.0207. The number of methoxy groups -OCH3 is 2. The third kappa shape index (κ3) is 7.69. The number of fused-ring (bicyclic) bond motifs is 2. The second kappa shape index (κ2) is 14.8. The molecule has 12 nitrogen and oxygen atoms in total. The molecular weight excluding hydrogens is 579 g/mol. The molecule has 0 saturated carbocycles. The van der Waals surface area contributed by atoms with Crippen molar-refractivity contribution in [3.8, 4) is 23.0 Å². The minimum Gasteiger partial charge on any atom is -0.493 e. The van der Waals surface area contributed by atoms with Crippen molar-refractivity contribution < 1.29 is 52.4 Å². The third-order valence-corrected chi connectivity index (χ3v) is 7.42. The molecule has 13 heteroatoms. The summed E-state index contributed by atoms with van der Waals surface area (Å²) in [6, 6.07) is 5.28. The summed E-state index contributed by atoms with van der Waals surface area (Å²) in [7, 11) is 2.93. The Balaban J connectivity index is 1.31. The summed E-state index contributed by atoms with van der Waals surface area (Å²) in [4.78, 5) is 50.5. The molecule has 44 heavy (non-hydrogen) atoms. The van der Waals surface area contributed by atoms with Crippen molar-refractivity contribution in [3.05, 3.63) is 46.3 Å². The molecule has 0 unspecified atom stereocenters. The van der Waals surface area contributed by atoms with E-state index >= 15 is 4.39 Å². The zero-order chi connectivity index (χ0) is 31.8. The highest BCUT2D eigenvalue weighted by Gasteiger charge is 2.30. The molecular formula is C31H37FN2O10. The van der Waals surface area contributed by atoms with E-state index in [0.717, 1.165) is 11.1 Å². The molecule has 0 fully saturated rings. The van der Waals surface area contributed by atoms with E-state index in [9.17, 15) is 19.2 Å². The molecule has 2 aliphatic heterocycles. The fourth-order valence-electron chi connectivity index (χ4n) is 5.17. The van der Waals surface area contributed by atoms with Crippen molar-refractivity contribution in [2.75, 3.05) is 34.0 Å². The molecule has 0 saturated heterocycles. The first-order chi connectivity index (χ1) is 21.1. The fraction of sp³-hybridized carbons (Fsp3) is 0.484. The molecule has 1 N–H and O–H groups in total. The topological polar surface area (TPSA) is 141 Å². The molecule has 2 aliphatic rings. The summed E-state index contributed by atoms with van der Waals surface area (Å²) in [5.74, 6) is -1.41. The molecule has 0 aromatic heterocycles. The van der Waals surface area contributed by atoms with Gasteiger partial charge < -0.3 is 38.6 Å². The molecule has 0 aliphatic carbocycles. The van der Waals surface area contributed by atoms with Gasteiger partial charge in [0.05, 0.1) is 46.9 Å². The van der Waals surface area contributed by atoms with Crippen LogP contribution in [0.1, 0.15) is 61.3 Å².